The van der Waals surface area contributed by atoms with Crippen LogP contribution in [0.15, 0.2) is 54.6 Å². The van der Waals surface area contributed by atoms with Crippen molar-refractivity contribution in [2.24, 2.45) is 0 Å². The molecule has 3 aromatic carbocycles. The van der Waals surface area contributed by atoms with Crippen LogP contribution < -0.4 is 14.8 Å². The molecule has 3 aromatic rings. The van der Waals surface area contributed by atoms with Crippen LogP contribution in [-0.4, -0.2) is 37.5 Å². The minimum atomic E-state index is -0.724. The van der Waals surface area contributed by atoms with Crippen LogP contribution in [0.3, 0.4) is 0 Å². The summed E-state index contributed by atoms with van der Waals surface area (Å²) in [6.07, 6.45) is 0.707. The predicted molar refractivity (Wildman–Crippen MR) is 126 cm³/mol. The number of benzene rings is 3. The minimum absolute atomic E-state index is 0.152. The van der Waals surface area contributed by atoms with Crippen LogP contribution in [0.4, 0.5) is 10.1 Å². The molecule has 2 amide bonds. The molecule has 2 aliphatic heterocycles. The quantitative estimate of drug-likeness (QED) is 0.617. The summed E-state index contributed by atoms with van der Waals surface area (Å²) in [7, 11) is 3.02. The zero-order valence-electron chi connectivity index (χ0n) is 19.2. The molecule has 0 aliphatic carbocycles. The van der Waals surface area contributed by atoms with E-state index in [1.165, 1.54) is 20.3 Å². The van der Waals surface area contributed by atoms with Crippen LogP contribution in [0.1, 0.15) is 44.6 Å². The van der Waals surface area contributed by atoms with Gasteiger partial charge >= 0.3 is 0 Å². The van der Waals surface area contributed by atoms with Crippen LogP contribution in [-0.2, 0) is 11.2 Å². The number of halogens is 1. The van der Waals surface area contributed by atoms with Gasteiger partial charge in [0, 0.05) is 17.8 Å². The summed E-state index contributed by atoms with van der Waals surface area (Å²) in [6.45, 7) is 2.16. The number of carbonyl (C=O) groups is 2. The van der Waals surface area contributed by atoms with Gasteiger partial charge in [0.05, 0.1) is 26.2 Å². The molecule has 0 fully saturated rings. The highest BCUT2D eigenvalue weighted by atomic mass is 19.1. The van der Waals surface area contributed by atoms with Crippen LogP contribution in [0.5, 0.6) is 11.5 Å². The van der Waals surface area contributed by atoms with Crippen LogP contribution >= 0.6 is 0 Å². The van der Waals surface area contributed by atoms with Crippen molar-refractivity contribution in [3.8, 4) is 11.5 Å². The van der Waals surface area contributed by atoms with Gasteiger partial charge in [0.15, 0.2) is 11.5 Å². The molecular formula is C27H25FN2O4. The summed E-state index contributed by atoms with van der Waals surface area (Å²) in [4.78, 5) is 29.2. The fourth-order valence-corrected chi connectivity index (χ4v) is 5.02. The molecule has 0 spiro atoms. The van der Waals surface area contributed by atoms with Crippen molar-refractivity contribution in [3.63, 3.8) is 0 Å². The summed E-state index contributed by atoms with van der Waals surface area (Å²) in [5.74, 6) is -0.737. The lowest BCUT2D eigenvalue weighted by molar-refractivity contribution is -0.119. The molecule has 2 atom stereocenters. The first kappa shape index (κ1) is 21.9. The van der Waals surface area contributed by atoms with E-state index in [1.807, 2.05) is 24.3 Å². The number of methoxy groups -OCH3 is 2. The highest BCUT2D eigenvalue weighted by Crippen LogP contribution is 2.48. The Hall–Kier alpha value is -3.87. The fourth-order valence-electron chi connectivity index (χ4n) is 5.02. The van der Waals surface area contributed by atoms with E-state index in [4.69, 9.17) is 9.47 Å². The molecule has 0 radical (unpaired) electrons. The minimum Gasteiger partial charge on any atom is -0.493 e. The molecule has 5 rings (SSSR count). The molecule has 1 N–H and O–H groups in total. The van der Waals surface area contributed by atoms with Gasteiger partial charge in [-0.3, -0.25) is 9.59 Å². The molecule has 2 heterocycles. The summed E-state index contributed by atoms with van der Waals surface area (Å²) in [6, 6.07) is 15.3. The second-order valence-corrected chi connectivity index (χ2v) is 8.62. The van der Waals surface area contributed by atoms with Gasteiger partial charge in [-0.05, 0) is 59.9 Å². The van der Waals surface area contributed by atoms with Gasteiger partial charge in [0.25, 0.3) is 5.91 Å². The van der Waals surface area contributed by atoms with Gasteiger partial charge in [0.2, 0.25) is 5.91 Å². The molecule has 7 heteroatoms. The van der Waals surface area contributed by atoms with Crippen molar-refractivity contribution < 1.29 is 23.5 Å². The van der Waals surface area contributed by atoms with Gasteiger partial charge in [-0.15, -0.1) is 0 Å². The molecule has 0 saturated heterocycles. The number of fused-ring (bicyclic) bond motifs is 4. The van der Waals surface area contributed by atoms with E-state index in [9.17, 15) is 14.0 Å². The average molecular weight is 461 g/mol. The molecule has 6 nitrogen and oxygen atoms in total. The van der Waals surface area contributed by atoms with Crippen molar-refractivity contribution in [2.75, 3.05) is 26.1 Å². The smallest absolute Gasteiger partial charge is 0.254 e. The van der Waals surface area contributed by atoms with Crippen molar-refractivity contribution >= 4 is 17.5 Å². The zero-order valence-corrected chi connectivity index (χ0v) is 19.2. The van der Waals surface area contributed by atoms with Crippen LogP contribution in [0.25, 0.3) is 0 Å². The number of amides is 2. The van der Waals surface area contributed by atoms with Crippen molar-refractivity contribution in [2.45, 2.75) is 25.3 Å². The standard InChI is InChI=1S/C27H25FN2O4/c1-15-8-9-17(12-21(15)28)29-26(31)24-19-13-22(33-2)23(34-3)14-20(19)27(32)30-11-10-16-6-4-5-7-18(16)25(24)30/h4-9,12-14,24-25H,10-11H2,1-3H3,(H,29,31). The lowest BCUT2D eigenvalue weighted by Crippen LogP contribution is -2.49. The van der Waals surface area contributed by atoms with E-state index in [2.05, 4.69) is 5.32 Å². The number of anilines is 1. The van der Waals surface area contributed by atoms with Crippen molar-refractivity contribution in [3.05, 3.63) is 88.2 Å². The van der Waals surface area contributed by atoms with Gasteiger partial charge < -0.3 is 19.7 Å². The van der Waals surface area contributed by atoms with E-state index in [0.717, 1.165) is 11.1 Å². The number of aryl methyl sites for hydroxylation is 1. The lowest BCUT2D eigenvalue weighted by Gasteiger charge is -2.45. The van der Waals surface area contributed by atoms with E-state index >= 15 is 0 Å². The highest BCUT2D eigenvalue weighted by Gasteiger charge is 2.47. The molecule has 0 saturated carbocycles. The Balaban J connectivity index is 1.67. The third-order valence-corrected chi connectivity index (χ3v) is 6.75. The first-order chi connectivity index (χ1) is 16.4. The Morgan fingerprint density at radius 3 is 2.50 bits per heavy atom. The fraction of sp³-hybridized carbons (Fsp3) is 0.259. The third-order valence-electron chi connectivity index (χ3n) is 6.75. The lowest BCUT2D eigenvalue weighted by atomic mass is 9.75. The molecule has 34 heavy (non-hydrogen) atoms. The average Bonchev–Trinajstić information content (AvgIpc) is 2.85. The predicted octanol–water partition coefficient (Wildman–Crippen LogP) is 4.63. The third kappa shape index (κ3) is 3.48. The number of ether oxygens (including phenoxy) is 2. The number of nitrogens with one attached hydrogen (secondary N) is 1. The van der Waals surface area contributed by atoms with E-state index in [1.54, 1.807) is 36.1 Å². The summed E-state index contributed by atoms with van der Waals surface area (Å²) in [5, 5.41) is 2.88. The number of hydrogen-bond donors (Lipinski definition) is 1. The maximum absolute atomic E-state index is 14.2. The Morgan fingerprint density at radius 1 is 1.03 bits per heavy atom. The van der Waals surface area contributed by atoms with Crippen LogP contribution in [0, 0.1) is 12.7 Å². The molecule has 0 aromatic heterocycles. The largest absolute Gasteiger partial charge is 0.493 e. The van der Waals surface area contributed by atoms with Gasteiger partial charge in [0.1, 0.15) is 5.82 Å². The Bertz CT molecular complexity index is 1310. The molecule has 174 valence electrons. The Morgan fingerprint density at radius 2 is 1.76 bits per heavy atom. The van der Waals surface area contributed by atoms with E-state index in [0.29, 0.717) is 46.8 Å². The SMILES string of the molecule is COc1cc2c(cc1OC)C(C(=O)Nc1ccc(C)c(F)c1)C1c3ccccc3CCN1C2=O. The van der Waals surface area contributed by atoms with Crippen molar-refractivity contribution in [1.82, 2.24) is 4.90 Å². The normalized spacial score (nSPS) is 18.5. The maximum Gasteiger partial charge on any atom is 0.254 e. The van der Waals surface area contributed by atoms with E-state index in [-0.39, 0.29) is 11.8 Å². The topological polar surface area (TPSA) is 67.9 Å². The number of nitrogens with zero attached hydrogens (tertiary/aromatic N) is 1. The maximum atomic E-state index is 14.2. The highest BCUT2D eigenvalue weighted by molar-refractivity contribution is 6.05. The van der Waals surface area contributed by atoms with Gasteiger partial charge in [-0.1, -0.05) is 30.3 Å². The first-order valence-corrected chi connectivity index (χ1v) is 11.1. The molecule has 2 aliphatic rings. The van der Waals surface area contributed by atoms with E-state index < -0.39 is 17.8 Å². The first-order valence-electron chi connectivity index (χ1n) is 11.1. The molecular weight excluding hydrogens is 435 g/mol. The number of carbonyl (C=O) groups excluding carboxylic acids is 2. The summed E-state index contributed by atoms with van der Waals surface area (Å²) < 4.78 is 25.1. The van der Waals surface area contributed by atoms with Gasteiger partial charge in [-0.2, -0.15) is 0 Å². The molecule has 2 unspecified atom stereocenters. The second kappa shape index (κ2) is 8.48. The zero-order chi connectivity index (χ0) is 24.0. The summed E-state index contributed by atoms with van der Waals surface area (Å²) in [5.41, 5.74) is 3.88. The van der Waals surface area contributed by atoms with Crippen molar-refractivity contribution in [1.29, 1.82) is 0 Å². The Labute approximate surface area is 197 Å². The Kier molecular flexibility index (Phi) is 5.48. The second-order valence-electron chi connectivity index (χ2n) is 8.62. The molecule has 0 bridgehead atoms. The monoisotopic (exact) mass is 460 g/mol. The number of rotatable bonds is 4. The van der Waals surface area contributed by atoms with Gasteiger partial charge in [-0.25, -0.2) is 4.39 Å². The van der Waals surface area contributed by atoms with Crippen LogP contribution in [0.2, 0.25) is 0 Å². The number of hydrogen-bond acceptors (Lipinski definition) is 4. The summed E-state index contributed by atoms with van der Waals surface area (Å²) >= 11 is 0.